The van der Waals surface area contributed by atoms with E-state index in [1.165, 1.54) is 37.0 Å². The first-order valence-corrected chi connectivity index (χ1v) is 10.5. The topological polar surface area (TPSA) is 12.9 Å². The van der Waals surface area contributed by atoms with Crippen LogP contribution < -0.4 is 0 Å². The monoisotopic (exact) mass is 403 g/mol. The number of rotatable bonds is 7. The van der Waals surface area contributed by atoms with Gasteiger partial charge in [-0.15, -0.1) is 11.3 Å². The summed E-state index contributed by atoms with van der Waals surface area (Å²) in [7, 11) is 0. The minimum absolute atomic E-state index is 0.126. The summed E-state index contributed by atoms with van der Waals surface area (Å²) in [6.45, 7) is 3.86. The molecule has 1 aromatic carbocycles. The maximum atomic E-state index is 13.5. The number of unbranched alkanes of at least 4 members (excludes halogenated alkanes) is 3. The van der Waals surface area contributed by atoms with Crippen molar-refractivity contribution in [1.82, 2.24) is 4.98 Å². The van der Waals surface area contributed by atoms with Crippen LogP contribution in [0, 0.1) is 6.92 Å². The standard InChI is InChI=1S/C23H24F3NS/c1-3-4-5-6-7-17-11-13-28-22(17)18-10-12-27-21(15-18)19-9-8-16(2)14-20(19)23(24,25)26/h8-15H,3-7H2,1-2H3. The number of hydrogen-bond donors (Lipinski definition) is 0. The zero-order valence-corrected chi connectivity index (χ0v) is 17.0. The lowest BCUT2D eigenvalue weighted by Crippen LogP contribution is -2.08. The predicted molar refractivity (Wildman–Crippen MR) is 111 cm³/mol. The van der Waals surface area contributed by atoms with Crippen LogP contribution in [0.15, 0.2) is 48.0 Å². The number of thiophene rings is 1. The largest absolute Gasteiger partial charge is 0.417 e. The third-order valence-electron chi connectivity index (χ3n) is 4.82. The van der Waals surface area contributed by atoms with E-state index >= 15 is 0 Å². The van der Waals surface area contributed by atoms with Gasteiger partial charge in [-0.05, 0) is 60.5 Å². The normalized spacial score (nSPS) is 11.8. The predicted octanol–water partition coefficient (Wildman–Crippen LogP) is 7.93. The van der Waals surface area contributed by atoms with Gasteiger partial charge in [-0.2, -0.15) is 13.2 Å². The maximum absolute atomic E-state index is 13.5. The SMILES string of the molecule is CCCCCCc1ccsc1-c1ccnc(-c2ccc(C)cc2C(F)(F)F)c1. The number of benzene rings is 1. The van der Waals surface area contributed by atoms with Gasteiger partial charge in [0.1, 0.15) is 0 Å². The number of aromatic nitrogens is 1. The van der Waals surface area contributed by atoms with Gasteiger partial charge in [0.15, 0.2) is 0 Å². The van der Waals surface area contributed by atoms with Crippen LogP contribution in [-0.4, -0.2) is 4.98 Å². The molecule has 0 aliphatic carbocycles. The minimum Gasteiger partial charge on any atom is -0.256 e. The van der Waals surface area contributed by atoms with Gasteiger partial charge in [-0.3, -0.25) is 4.98 Å². The molecule has 2 heterocycles. The first kappa shape index (κ1) is 20.6. The molecule has 0 unspecified atom stereocenters. The van der Waals surface area contributed by atoms with E-state index in [0.717, 1.165) is 23.3 Å². The second kappa shape index (κ2) is 8.91. The van der Waals surface area contributed by atoms with Gasteiger partial charge in [0.05, 0.1) is 11.3 Å². The minimum atomic E-state index is -4.41. The van der Waals surface area contributed by atoms with Crippen molar-refractivity contribution in [2.45, 2.75) is 52.1 Å². The highest BCUT2D eigenvalue weighted by molar-refractivity contribution is 7.13. The van der Waals surface area contributed by atoms with Crippen molar-refractivity contribution in [2.24, 2.45) is 0 Å². The number of halogens is 3. The molecule has 0 saturated heterocycles. The molecule has 3 aromatic rings. The highest BCUT2D eigenvalue weighted by Crippen LogP contribution is 2.39. The Morgan fingerprint density at radius 3 is 2.57 bits per heavy atom. The molecular weight excluding hydrogens is 379 g/mol. The number of pyridine rings is 1. The third-order valence-corrected chi connectivity index (χ3v) is 5.83. The van der Waals surface area contributed by atoms with Crippen molar-refractivity contribution in [3.63, 3.8) is 0 Å². The Balaban J connectivity index is 1.94. The highest BCUT2D eigenvalue weighted by atomic mass is 32.1. The van der Waals surface area contributed by atoms with Gasteiger partial charge in [0.25, 0.3) is 0 Å². The van der Waals surface area contributed by atoms with E-state index in [-0.39, 0.29) is 5.56 Å². The first-order valence-electron chi connectivity index (χ1n) is 9.61. The number of hydrogen-bond acceptors (Lipinski definition) is 2. The number of alkyl halides is 3. The van der Waals surface area contributed by atoms with Crippen LogP contribution in [0.5, 0.6) is 0 Å². The van der Waals surface area contributed by atoms with E-state index in [9.17, 15) is 13.2 Å². The van der Waals surface area contributed by atoms with Gasteiger partial charge >= 0.3 is 6.18 Å². The quantitative estimate of drug-likeness (QED) is 0.365. The van der Waals surface area contributed by atoms with Crippen LogP contribution in [0.25, 0.3) is 21.7 Å². The van der Waals surface area contributed by atoms with Gasteiger partial charge < -0.3 is 0 Å². The lowest BCUT2D eigenvalue weighted by Gasteiger charge is -2.14. The van der Waals surface area contributed by atoms with Gasteiger partial charge in [-0.25, -0.2) is 0 Å². The van der Waals surface area contributed by atoms with Crippen molar-refractivity contribution in [2.75, 3.05) is 0 Å². The second-order valence-corrected chi connectivity index (χ2v) is 7.98. The highest BCUT2D eigenvalue weighted by Gasteiger charge is 2.34. The molecule has 0 spiro atoms. The molecule has 3 rings (SSSR count). The number of nitrogens with zero attached hydrogens (tertiary/aromatic N) is 1. The first-order chi connectivity index (χ1) is 13.4. The molecular formula is C23H24F3NS. The molecule has 0 saturated carbocycles. The fraction of sp³-hybridized carbons (Fsp3) is 0.348. The summed E-state index contributed by atoms with van der Waals surface area (Å²) in [5.41, 5.74) is 2.62. The van der Waals surface area contributed by atoms with E-state index in [1.54, 1.807) is 36.6 Å². The van der Waals surface area contributed by atoms with E-state index in [1.807, 2.05) is 6.07 Å². The van der Waals surface area contributed by atoms with Crippen LogP contribution in [0.4, 0.5) is 13.2 Å². The van der Waals surface area contributed by atoms with Crippen molar-refractivity contribution in [1.29, 1.82) is 0 Å². The Morgan fingerprint density at radius 2 is 1.82 bits per heavy atom. The summed E-state index contributed by atoms with van der Waals surface area (Å²) >= 11 is 1.63. The van der Waals surface area contributed by atoms with Gasteiger partial charge in [0, 0.05) is 16.6 Å². The number of aryl methyl sites for hydroxylation is 2. The summed E-state index contributed by atoms with van der Waals surface area (Å²) in [5.74, 6) is 0. The fourth-order valence-electron chi connectivity index (χ4n) is 3.36. The lowest BCUT2D eigenvalue weighted by atomic mass is 9.98. The van der Waals surface area contributed by atoms with Crippen LogP contribution in [0.1, 0.15) is 49.3 Å². The molecule has 2 aromatic heterocycles. The van der Waals surface area contributed by atoms with Crippen LogP contribution in [0.2, 0.25) is 0 Å². The molecule has 0 amide bonds. The molecule has 0 atom stereocenters. The van der Waals surface area contributed by atoms with Crippen LogP contribution >= 0.6 is 11.3 Å². The van der Waals surface area contributed by atoms with Crippen LogP contribution in [0.3, 0.4) is 0 Å². The lowest BCUT2D eigenvalue weighted by molar-refractivity contribution is -0.137. The van der Waals surface area contributed by atoms with Crippen molar-refractivity contribution >= 4 is 11.3 Å². The summed E-state index contributed by atoms with van der Waals surface area (Å²) in [6.07, 6.45) is 2.94. The molecule has 0 aliphatic rings. The Kier molecular flexibility index (Phi) is 6.55. The summed E-state index contributed by atoms with van der Waals surface area (Å²) in [4.78, 5) is 5.37. The summed E-state index contributed by atoms with van der Waals surface area (Å²) in [6, 6.07) is 10.2. The van der Waals surface area contributed by atoms with Crippen molar-refractivity contribution < 1.29 is 13.2 Å². The molecule has 0 fully saturated rings. The van der Waals surface area contributed by atoms with Gasteiger partial charge in [-0.1, -0.05) is 43.9 Å². The molecule has 28 heavy (non-hydrogen) atoms. The van der Waals surface area contributed by atoms with Crippen molar-refractivity contribution in [3.8, 4) is 21.7 Å². The summed E-state index contributed by atoms with van der Waals surface area (Å²) < 4.78 is 40.6. The Bertz CT molecular complexity index is 928. The van der Waals surface area contributed by atoms with E-state index < -0.39 is 11.7 Å². The molecule has 0 radical (unpaired) electrons. The maximum Gasteiger partial charge on any atom is 0.417 e. The van der Waals surface area contributed by atoms with E-state index in [4.69, 9.17) is 0 Å². The molecule has 0 aliphatic heterocycles. The average molecular weight is 404 g/mol. The Hall–Kier alpha value is -2.14. The molecule has 148 valence electrons. The van der Waals surface area contributed by atoms with Gasteiger partial charge in [0.2, 0.25) is 0 Å². The summed E-state index contributed by atoms with van der Waals surface area (Å²) in [5, 5.41) is 2.05. The van der Waals surface area contributed by atoms with Crippen LogP contribution in [-0.2, 0) is 12.6 Å². The van der Waals surface area contributed by atoms with Crippen molar-refractivity contribution in [3.05, 3.63) is 64.7 Å². The molecule has 0 bridgehead atoms. The second-order valence-electron chi connectivity index (χ2n) is 7.06. The fourth-order valence-corrected chi connectivity index (χ4v) is 4.32. The van der Waals surface area contributed by atoms with E-state index in [0.29, 0.717) is 11.3 Å². The Morgan fingerprint density at radius 1 is 1.00 bits per heavy atom. The zero-order valence-electron chi connectivity index (χ0n) is 16.1. The Labute approximate surface area is 168 Å². The molecule has 5 heteroatoms. The molecule has 0 N–H and O–H groups in total. The smallest absolute Gasteiger partial charge is 0.256 e. The average Bonchev–Trinajstić information content (AvgIpc) is 3.13. The molecule has 1 nitrogen and oxygen atoms in total. The zero-order chi connectivity index (χ0) is 20.1. The van der Waals surface area contributed by atoms with E-state index in [2.05, 4.69) is 23.4 Å². The third kappa shape index (κ3) is 4.82.